The first-order chi connectivity index (χ1) is 28.8. The van der Waals surface area contributed by atoms with Crippen molar-refractivity contribution in [3.05, 3.63) is 194 Å². The first kappa shape index (κ1) is 31.4. The molecule has 0 saturated heterocycles. The Morgan fingerprint density at radius 2 is 0.741 bits per heavy atom. The summed E-state index contributed by atoms with van der Waals surface area (Å²) < 4.78 is 18.1. The molecule has 4 heteroatoms. The van der Waals surface area contributed by atoms with E-state index in [0.29, 0.717) is 0 Å². The molecule has 0 amide bonds. The fraction of sp³-hybridized carbons (Fsp3) is 0. The Morgan fingerprint density at radius 3 is 1.36 bits per heavy atom. The number of hydrogen-bond donors (Lipinski definition) is 0. The van der Waals surface area contributed by atoms with Gasteiger partial charge < -0.3 is 18.0 Å². The Labute approximate surface area is 332 Å². The molecular formula is C54H32N2O2. The number of para-hydroxylation sites is 6. The number of rotatable bonds is 4. The second kappa shape index (κ2) is 11.8. The van der Waals surface area contributed by atoms with Gasteiger partial charge in [-0.05, 0) is 76.9 Å². The molecule has 0 aliphatic rings. The fourth-order valence-corrected chi connectivity index (χ4v) is 9.58. The predicted molar refractivity (Wildman–Crippen MR) is 241 cm³/mol. The molecule has 4 nitrogen and oxygen atoms in total. The standard InChI is InChI=1S/C54H32N2O2/c1-2-14-33(15-3-1)43-32-50-44(36-17-5-9-23-46(36)56(50)48-25-13-21-41-39-19-7-11-27-52(39)58-54(41)48)31-42(43)34-28-29-37-35-16-4-8-22-45(35)55(49(37)30-34)47-24-12-20-40-38-18-6-10-26-51(38)57-53(40)47/h1-32H. The summed E-state index contributed by atoms with van der Waals surface area (Å²) in [5.41, 5.74) is 14.8. The number of aromatic nitrogens is 2. The molecule has 0 unspecified atom stereocenters. The summed E-state index contributed by atoms with van der Waals surface area (Å²) in [5.74, 6) is 0. The molecule has 0 spiro atoms. The monoisotopic (exact) mass is 740 g/mol. The third kappa shape index (κ3) is 4.34. The summed E-state index contributed by atoms with van der Waals surface area (Å²) in [5, 5.41) is 9.25. The van der Waals surface area contributed by atoms with Gasteiger partial charge >= 0.3 is 0 Å². The zero-order chi connectivity index (χ0) is 37.9. The van der Waals surface area contributed by atoms with Gasteiger partial charge in [0.05, 0.1) is 33.4 Å². The van der Waals surface area contributed by atoms with Crippen LogP contribution in [0, 0.1) is 0 Å². The minimum absolute atomic E-state index is 0.884. The van der Waals surface area contributed by atoms with E-state index >= 15 is 0 Å². The third-order valence-corrected chi connectivity index (χ3v) is 12.1. The largest absolute Gasteiger partial charge is 0.454 e. The summed E-state index contributed by atoms with van der Waals surface area (Å²) in [4.78, 5) is 0. The summed E-state index contributed by atoms with van der Waals surface area (Å²) in [6.07, 6.45) is 0. The van der Waals surface area contributed by atoms with Gasteiger partial charge in [0, 0.05) is 43.1 Å². The SMILES string of the molecule is c1ccc(-c2cc3c(cc2-c2ccc4c5ccccc5n(-c5cccc6c5oc5ccccc56)c4c2)c2ccccc2n3-c2cccc3c2oc2ccccc23)cc1. The summed E-state index contributed by atoms with van der Waals surface area (Å²) in [7, 11) is 0. The van der Waals surface area contributed by atoms with Crippen LogP contribution in [0.15, 0.2) is 203 Å². The van der Waals surface area contributed by atoms with Crippen molar-refractivity contribution < 1.29 is 8.83 Å². The molecule has 0 saturated carbocycles. The van der Waals surface area contributed by atoms with Crippen LogP contribution in [0.1, 0.15) is 0 Å². The normalized spacial score (nSPS) is 12.1. The lowest BCUT2D eigenvalue weighted by atomic mass is 9.92. The van der Waals surface area contributed by atoms with Crippen molar-refractivity contribution in [3.8, 4) is 33.6 Å². The molecule has 58 heavy (non-hydrogen) atoms. The van der Waals surface area contributed by atoms with E-state index in [1.54, 1.807) is 0 Å². The molecule has 9 aromatic carbocycles. The van der Waals surface area contributed by atoms with Crippen molar-refractivity contribution >= 4 is 87.5 Å². The Balaban J connectivity index is 1.11. The van der Waals surface area contributed by atoms with Crippen molar-refractivity contribution in [2.45, 2.75) is 0 Å². The Bertz CT molecular complexity index is 3800. The molecule has 0 atom stereocenters. The average molecular weight is 741 g/mol. The van der Waals surface area contributed by atoms with E-state index < -0.39 is 0 Å². The van der Waals surface area contributed by atoms with Crippen molar-refractivity contribution in [3.63, 3.8) is 0 Å². The van der Waals surface area contributed by atoms with Crippen LogP contribution in [0.5, 0.6) is 0 Å². The zero-order valence-corrected chi connectivity index (χ0v) is 31.2. The lowest BCUT2D eigenvalue weighted by Crippen LogP contribution is -1.96. The second-order valence-electron chi connectivity index (χ2n) is 15.2. The maximum atomic E-state index is 6.64. The van der Waals surface area contributed by atoms with Crippen molar-refractivity contribution in [1.29, 1.82) is 0 Å². The van der Waals surface area contributed by atoms with E-state index in [9.17, 15) is 0 Å². The molecule has 0 fully saturated rings. The van der Waals surface area contributed by atoms with Crippen molar-refractivity contribution in [2.24, 2.45) is 0 Å². The Hall–Kier alpha value is -7.82. The highest BCUT2D eigenvalue weighted by atomic mass is 16.3. The van der Waals surface area contributed by atoms with Gasteiger partial charge in [-0.2, -0.15) is 0 Å². The zero-order valence-electron chi connectivity index (χ0n) is 31.2. The number of benzene rings is 9. The molecule has 0 aliphatic heterocycles. The lowest BCUT2D eigenvalue weighted by molar-refractivity contribution is 0.666. The Kier molecular flexibility index (Phi) is 6.41. The topological polar surface area (TPSA) is 36.1 Å². The maximum Gasteiger partial charge on any atom is 0.159 e. The van der Waals surface area contributed by atoms with Crippen LogP contribution in [-0.2, 0) is 0 Å². The van der Waals surface area contributed by atoms with E-state index in [4.69, 9.17) is 8.83 Å². The van der Waals surface area contributed by atoms with Crippen LogP contribution in [0.25, 0.3) is 121 Å². The molecule has 270 valence electrons. The van der Waals surface area contributed by atoms with E-state index in [-0.39, 0.29) is 0 Å². The number of nitrogens with zero attached hydrogens (tertiary/aromatic N) is 2. The minimum atomic E-state index is 0.884. The molecule has 13 rings (SSSR count). The van der Waals surface area contributed by atoms with Crippen molar-refractivity contribution in [1.82, 2.24) is 9.13 Å². The minimum Gasteiger partial charge on any atom is -0.454 e. The summed E-state index contributed by atoms with van der Waals surface area (Å²) >= 11 is 0. The van der Waals surface area contributed by atoms with E-state index in [1.807, 2.05) is 12.1 Å². The molecule has 13 aromatic rings. The van der Waals surface area contributed by atoms with Gasteiger partial charge in [-0.3, -0.25) is 0 Å². The molecule has 0 bridgehead atoms. The van der Waals surface area contributed by atoms with Crippen LogP contribution in [0.3, 0.4) is 0 Å². The third-order valence-electron chi connectivity index (χ3n) is 12.1. The fourth-order valence-electron chi connectivity index (χ4n) is 9.58. The van der Waals surface area contributed by atoms with Crippen LogP contribution < -0.4 is 0 Å². The van der Waals surface area contributed by atoms with Gasteiger partial charge in [-0.25, -0.2) is 0 Å². The highest BCUT2D eigenvalue weighted by Crippen LogP contribution is 2.45. The van der Waals surface area contributed by atoms with Gasteiger partial charge in [0.25, 0.3) is 0 Å². The molecule has 0 radical (unpaired) electrons. The highest BCUT2D eigenvalue weighted by molar-refractivity contribution is 6.17. The quantitative estimate of drug-likeness (QED) is 0.180. The van der Waals surface area contributed by atoms with Gasteiger partial charge in [-0.1, -0.05) is 140 Å². The summed E-state index contributed by atoms with van der Waals surface area (Å²) in [6.45, 7) is 0. The molecule has 0 aliphatic carbocycles. The van der Waals surface area contributed by atoms with Crippen LogP contribution in [-0.4, -0.2) is 9.13 Å². The first-order valence-corrected chi connectivity index (χ1v) is 19.8. The lowest BCUT2D eigenvalue weighted by Gasteiger charge is -2.15. The summed E-state index contributed by atoms with van der Waals surface area (Å²) in [6, 6.07) is 69.6. The number of hydrogen-bond acceptors (Lipinski definition) is 2. The van der Waals surface area contributed by atoms with Crippen LogP contribution >= 0.6 is 0 Å². The van der Waals surface area contributed by atoms with Crippen LogP contribution in [0.2, 0.25) is 0 Å². The molecule has 0 N–H and O–H groups in total. The second-order valence-corrected chi connectivity index (χ2v) is 15.2. The van der Waals surface area contributed by atoms with Gasteiger partial charge in [-0.15, -0.1) is 0 Å². The number of furan rings is 2. The maximum absolute atomic E-state index is 6.64. The van der Waals surface area contributed by atoms with E-state index in [1.165, 1.54) is 27.1 Å². The van der Waals surface area contributed by atoms with E-state index in [2.05, 4.69) is 191 Å². The Morgan fingerprint density at radius 1 is 0.276 bits per heavy atom. The van der Waals surface area contributed by atoms with Crippen molar-refractivity contribution in [2.75, 3.05) is 0 Å². The molecule has 4 heterocycles. The van der Waals surface area contributed by atoms with Gasteiger partial charge in [0.15, 0.2) is 11.2 Å². The average Bonchev–Trinajstić information content (AvgIpc) is 4.04. The molecule has 4 aromatic heterocycles. The smallest absolute Gasteiger partial charge is 0.159 e. The first-order valence-electron chi connectivity index (χ1n) is 19.8. The number of fused-ring (bicyclic) bond motifs is 12. The van der Waals surface area contributed by atoms with Crippen LogP contribution in [0.4, 0.5) is 0 Å². The van der Waals surface area contributed by atoms with Gasteiger partial charge in [0.1, 0.15) is 11.2 Å². The highest BCUT2D eigenvalue weighted by Gasteiger charge is 2.22. The predicted octanol–water partition coefficient (Wildman–Crippen LogP) is 15.0. The molecular weight excluding hydrogens is 709 g/mol. The van der Waals surface area contributed by atoms with E-state index in [0.717, 1.165) is 94.0 Å². The van der Waals surface area contributed by atoms with Gasteiger partial charge in [0.2, 0.25) is 0 Å².